The molecule has 0 aliphatic carbocycles. The van der Waals surface area contributed by atoms with Crippen LogP contribution in [0.1, 0.15) is 24.2 Å². The third kappa shape index (κ3) is 3.46. The molecule has 1 aromatic rings. The second-order valence-corrected chi connectivity index (χ2v) is 3.56. The number of carboxylic acid groups (broad SMARTS) is 1. The minimum Gasteiger partial charge on any atom is -0.478 e. The highest BCUT2D eigenvalue weighted by atomic mass is 16.4. The van der Waals surface area contributed by atoms with Crippen LogP contribution in [0.25, 0.3) is 0 Å². The molecule has 4 nitrogen and oxygen atoms in total. The Bertz CT molecular complexity index is 360. The summed E-state index contributed by atoms with van der Waals surface area (Å²) in [7, 11) is 0. The van der Waals surface area contributed by atoms with E-state index in [0.29, 0.717) is 5.56 Å². The normalized spacial score (nSPS) is 14.8. The SMILES string of the molecule is CC.O=C(O)c1ccccc1N1CCNCC1. The monoisotopic (exact) mass is 236 g/mol. The van der Waals surface area contributed by atoms with Gasteiger partial charge >= 0.3 is 5.97 Å². The lowest BCUT2D eigenvalue weighted by Gasteiger charge is -2.30. The molecule has 1 aromatic carbocycles. The van der Waals surface area contributed by atoms with E-state index in [1.54, 1.807) is 12.1 Å². The van der Waals surface area contributed by atoms with Gasteiger partial charge in [-0.05, 0) is 12.1 Å². The number of para-hydroxylation sites is 1. The molecule has 1 fully saturated rings. The van der Waals surface area contributed by atoms with Crippen molar-refractivity contribution < 1.29 is 9.90 Å². The van der Waals surface area contributed by atoms with Crippen LogP contribution in [0.5, 0.6) is 0 Å². The number of aromatic carboxylic acids is 1. The average molecular weight is 236 g/mol. The Balaban J connectivity index is 0.000000686. The molecule has 0 saturated carbocycles. The highest BCUT2D eigenvalue weighted by Crippen LogP contribution is 2.20. The zero-order valence-electron chi connectivity index (χ0n) is 10.4. The van der Waals surface area contributed by atoms with Crippen LogP contribution in [0.2, 0.25) is 0 Å². The summed E-state index contributed by atoms with van der Waals surface area (Å²) in [5.74, 6) is -0.857. The first-order chi connectivity index (χ1) is 8.29. The maximum Gasteiger partial charge on any atom is 0.337 e. The number of benzene rings is 1. The van der Waals surface area contributed by atoms with Crippen molar-refractivity contribution in [2.45, 2.75) is 13.8 Å². The fourth-order valence-electron chi connectivity index (χ4n) is 1.84. The van der Waals surface area contributed by atoms with E-state index in [0.717, 1.165) is 31.9 Å². The number of anilines is 1. The second kappa shape index (κ2) is 6.91. The summed E-state index contributed by atoms with van der Waals surface area (Å²) in [5.41, 5.74) is 1.21. The predicted molar refractivity (Wildman–Crippen MR) is 69.8 cm³/mol. The van der Waals surface area contributed by atoms with E-state index in [-0.39, 0.29) is 0 Å². The topological polar surface area (TPSA) is 52.6 Å². The quantitative estimate of drug-likeness (QED) is 0.822. The first-order valence-corrected chi connectivity index (χ1v) is 6.07. The molecular formula is C13H20N2O2. The molecule has 0 atom stereocenters. The van der Waals surface area contributed by atoms with E-state index >= 15 is 0 Å². The number of carbonyl (C=O) groups is 1. The number of carboxylic acids is 1. The van der Waals surface area contributed by atoms with Gasteiger partial charge in [0.15, 0.2) is 0 Å². The zero-order chi connectivity index (χ0) is 12.7. The molecule has 0 unspecified atom stereocenters. The highest BCUT2D eigenvalue weighted by molar-refractivity contribution is 5.94. The van der Waals surface area contributed by atoms with Gasteiger partial charge in [0, 0.05) is 26.2 Å². The van der Waals surface area contributed by atoms with Crippen molar-refractivity contribution in [3.05, 3.63) is 29.8 Å². The maximum atomic E-state index is 11.0. The van der Waals surface area contributed by atoms with Crippen LogP contribution >= 0.6 is 0 Å². The molecule has 0 aromatic heterocycles. The fourth-order valence-corrected chi connectivity index (χ4v) is 1.84. The van der Waals surface area contributed by atoms with E-state index in [9.17, 15) is 4.79 Å². The van der Waals surface area contributed by atoms with Gasteiger partial charge in [-0.1, -0.05) is 26.0 Å². The lowest BCUT2D eigenvalue weighted by molar-refractivity contribution is 0.0697. The first kappa shape index (κ1) is 13.5. The fraction of sp³-hybridized carbons (Fsp3) is 0.462. The third-order valence-corrected chi connectivity index (χ3v) is 2.59. The molecule has 1 aliphatic heterocycles. The number of nitrogens with one attached hydrogen (secondary N) is 1. The van der Waals surface area contributed by atoms with Crippen LogP contribution < -0.4 is 10.2 Å². The molecule has 17 heavy (non-hydrogen) atoms. The summed E-state index contributed by atoms with van der Waals surface area (Å²) in [5, 5.41) is 12.3. The largest absolute Gasteiger partial charge is 0.478 e. The van der Waals surface area contributed by atoms with Gasteiger partial charge in [0.05, 0.1) is 11.3 Å². The molecule has 0 amide bonds. The molecule has 1 heterocycles. The van der Waals surface area contributed by atoms with Gasteiger partial charge in [-0.3, -0.25) is 0 Å². The van der Waals surface area contributed by atoms with E-state index in [1.165, 1.54) is 0 Å². The van der Waals surface area contributed by atoms with Gasteiger partial charge in [0.1, 0.15) is 0 Å². The van der Waals surface area contributed by atoms with Crippen molar-refractivity contribution in [1.82, 2.24) is 5.32 Å². The number of rotatable bonds is 2. The summed E-state index contributed by atoms with van der Waals surface area (Å²) in [4.78, 5) is 13.1. The standard InChI is InChI=1S/C11H14N2O2.C2H6/c14-11(15)9-3-1-2-4-10(9)13-7-5-12-6-8-13;1-2/h1-4,12H,5-8H2,(H,14,15);1-2H3. The zero-order valence-corrected chi connectivity index (χ0v) is 10.4. The lowest BCUT2D eigenvalue weighted by Crippen LogP contribution is -2.44. The van der Waals surface area contributed by atoms with Crippen LogP contribution in [0.15, 0.2) is 24.3 Å². The Kier molecular flexibility index (Phi) is 5.49. The molecule has 0 radical (unpaired) electrons. The highest BCUT2D eigenvalue weighted by Gasteiger charge is 2.16. The van der Waals surface area contributed by atoms with Gasteiger partial charge in [-0.25, -0.2) is 4.79 Å². The van der Waals surface area contributed by atoms with Crippen molar-refractivity contribution in [3.63, 3.8) is 0 Å². The van der Waals surface area contributed by atoms with Gasteiger partial charge in [0.2, 0.25) is 0 Å². The van der Waals surface area contributed by atoms with Crippen LogP contribution in [-0.2, 0) is 0 Å². The maximum absolute atomic E-state index is 11.0. The summed E-state index contributed by atoms with van der Waals surface area (Å²) >= 11 is 0. The van der Waals surface area contributed by atoms with Crippen molar-refractivity contribution in [2.75, 3.05) is 31.1 Å². The minimum absolute atomic E-state index is 0.388. The van der Waals surface area contributed by atoms with Gasteiger partial charge in [-0.15, -0.1) is 0 Å². The van der Waals surface area contributed by atoms with E-state index < -0.39 is 5.97 Å². The van der Waals surface area contributed by atoms with Crippen molar-refractivity contribution in [3.8, 4) is 0 Å². The Morgan fingerprint density at radius 2 is 1.82 bits per heavy atom. The number of nitrogens with zero attached hydrogens (tertiary/aromatic N) is 1. The Morgan fingerprint density at radius 1 is 1.24 bits per heavy atom. The van der Waals surface area contributed by atoms with Crippen LogP contribution in [-0.4, -0.2) is 37.3 Å². The first-order valence-electron chi connectivity index (χ1n) is 6.07. The number of piperazine rings is 1. The van der Waals surface area contributed by atoms with Gasteiger partial charge in [0.25, 0.3) is 0 Å². The molecule has 1 saturated heterocycles. The molecule has 94 valence electrons. The molecule has 4 heteroatoms. The molecule has 0 bridgehead atoms. The van der Waals surface area contributed by atoms with Crippen LogP contribution in [0.3, 0.4) is 0 Å². The van der Waals surface area contributed by atoms with Crippen molar-refractivity contribution in [1.29, 1.82) is 0 Å². The van der Waals surface area contributed by atoms with Gasteiger partial charge < -0.3 is 15.3 Å². The Hall–Kier alpha value is -1.55. The van der Waals surface area contributed by atoms with Crippen molar-refractivity contribution in [2.24, 2.45) is 0 Å². The summed E-state index contributed by atoms with van der Waals surface area (Å²) in [6, 6.07) is 7.16. The summed E-state index contributed by atoms with van der Waals surface area (Å²) in [6.45, 7) is 7.55. The molecular weight excluding hydrogens is 216 g/mol. The van der Waals surface area contributed by atoms with E-state index in [2.05, 4.69) is 10.2 Å². The average Bonchev–Trinajstić information content (AvgIpc) is 2.42. The Labute approximate surface area is 102 Å². The van der Waals surface area contributed by atoms with E-state index in [4.69, 9.17) is 5.11 Å². The number of hydrogen-bond donors (Lipinski definition) is 2. The smallest absolute Gasteiger partial charge is 0.337 e. The summed E-state index contributed by atoms with van der Waals surface area (Å²) in [6.07, 6.45) is 0. The Morgan fingerprint density at radius 3 is 2.41 bits per heavy atom. The summed E-state index contributed by atoms with van der Waals surface area (Å²) < 4.78 is 0. The minimum atomic E-state index is -0.857. The predicted octanol–water partition coefficient (Wildman–Crippen LogP) is 1.82. The molecule has 2 rings (SSSR count). The van der Waals surface area contributed by atoms with Crippen LogP contribution in [0.4, 0.5) is 5.69 Å². The van der Waals surface area contributed by atoms with Crippen LogP contribution in [0, 0.1) is 0 Å². The molecule has 0 spiro atoms. The molecule has 1 aliphatic rings. The van der Waals surface area contributed by atoms with Crippen molar-refractivity contribution >= 4 is 11.7 Å². The van der Waals surface area contributed by atoms with Gasteiger partial charge in [-0.2, -0.15) is 0 Å². The molecule has 2 N–H and O–H groups in total. The van der Waals surface area contributed by atoms with E-state index in [1.807, 2.05) is 26.0 Å². The number of hydrogen-bond acceptors (Lipinski definition) is 3. The lowest BCUT2D eigenvalue weighted by atomic mass is 10.1. The second-order valence-electron chi connectivity index (χ2n) is 3.56. The third-order valence-electron chi connectivity index (χ3n) is 2.59.